The van der Waals surface area contributed by atoms with Crippen LogP contribution in [0.25, 0.3) is 5.52 Å². The van der Waals surface area contributed by atoms with Crippen molar-refractivity contribution in [2.75, 3.05) is 0 Å². The van der Waals surface area contributed by atoms with Crippen LogP contribution in [0.3, 0.4) is 0 Å². The van der Waals surface area contributed by atoms with E-state index in [9.17, 15) is 4.79 Å². The minimum absolute atomic E-state index is 0.0151. The number of ketones is 1. The number of hydrogen-bond donors (Lipinski definition) is 0. The van der Waals surface area contributed by atoms with Crippen LogP contribution >= 0.6 is 0 Å². The Hall–Kier alpha value is -2.42. The first-order chi connectivity index (χ1) is 9.84. The van der Waals surface area contributed by atoms with E-state index < -0.39 is 0 Å². The molecule has 2 aromatic heterocycles. The van der Waals surface area contributed by atoms with E-state index in [1.54, 1.807) is 0 Å². The van der Waals surface area contributed by atoms with Gasteiger partial charge in [0.25, 0.3) is 0 Å². The second kappa shape index (κ2) is 4.30. The van der Waals surface area contributed by atoms with E-state index in [1.807, 2.05) is 59.1 Å². The van der Waals surface area contributed by atoms with E-state index >= 15 is 0 Å². The molecule has 1 aromatic carbocycles. The maximum absolute atomic E-state index is 12.6. The van der Waals surface area contributed by atoms with E-state index in [1.165, 1.54) is 12.8 Å². The van der Waals surface area contributed by atoms with Gasteiger partial charge in [-0.2, -0.15) is 0 Å². The van der Waals surface area contributed by atoms with Crippen molar-refractivity contribution >= 4 is 11.3 Å². The molecule has 0 bridgehead atoms. The number of carbonyl (C=O) groups excluding carboxylic acids is 1. The highest BCUT2D eigenvalue weighted by molar-refractivity contribution is 6.07. The first-order valence-corrected chi connectivity index (χ1v) is 6.91. The second-order valence-corrected chi connectivity index (χ2v) is 5.25. The van der Waals surface area contributed by atoms with E-state index in [0.717, 1.165) is 11.2 Å². The molecule has 1 saturated carbocycles. The normalized spacial score (nSPS) is 14.6. The minimum Gasteiger partial charge on any atom is -0.297 e. The molecule has 3 heteroatoms. The standard InChI is InChI=1S/C17H14N2O/c20-16(13-6-2-1-3-7-13)17-18-15(12-9-10-12)14-8-4-5-11-19(14)17/h1-8,11-12H,9-10H2. The molecule has 0 saturated heterocycles. The van der Waals surface area contributed by atoms with E-state index in [0.29, 0.717) is 17.3 Å². The average molecular weight is 262 g/mol. The predicted octanol–water partition coefficient (Wildman–Crippen LogP) is 3.44. The Morgan fingerprint density at radius 3 is 2.55 bits per heavy atom. The van der Waals surface area contributed by atoms with Crippen LogP contribution in [0.15, 0.2) is 54.7 Å². The number of aromatic nitrogens is 2. The number of benzene rings is 1. The van der Waals surface area contributed by atoms with Crippen LogP contribution in [-0.2, 0) is 0 Å². The van der Waals surface area contributed by atoms with Gasteiger partial charge >= 0.3 is 0 Å². The van der Waals surface area contributed by atoms with Crippen LogP contribution in [0.1, 0.15) is 40.6 Å². The molecule has 0 unspecified atom stereocenters. The second-order valence-electron chi connectivity index (χ2n) is 5.25. The van der Waals surface area contributed by atoms with Gasteiger partial charge in [-0.15, -0.1) is 0 Å². The van der Waals surface area contributed by atoms with Gasteiger partial charge in [0, 0.05) is 17.7 Å². The Kier molecular flexibility index (Phi) is 2.46. The van der Waals surface area contributed by atoms with Crippen LogP contribution in [0, 0.1) is 0 Å². The molecule has 0 spiro atoms. The Morgan fingerprint density at radius 1 is 1.05 bits per heavy atom. The first kappa shape index (κ1) is 11.4. The van der Waals surface area contributed by atoms with E-state index in [2.05, 4.69) is 4.98 Å². The zero-order chi connectivity index (χ0) is 13.5. The molecule has 0 aliphatic heterocycles. The number of carbonyl (C=O) groups is 1. The van der Waals surface area contributed by atoms with Crippen molar-refractivity contribution in [2.24, 2.45) is 0 Å². The van der Waals surface area contributed by atoms with Gasteiger partial charge in [-0.1, -0.05) is 36.4 Å². The third-order valence-electron chi connectivity index (χ3n) is 3.78. The van der Waals surface area contributed by atoms with Crippen molar-refractivity contribution < 1.29 is 4.79 Å². The molecule has 3 nitrogen and oxygen atoms in total. The van der Waals surface area contributed by atoms with Gasteiger partial charge < -0.3 is 0 Å². The predicted molar refractivity (Wildman–Crippen MR) is 77.0 cm³/mol. The quantitative estimate of drug-likeness (QED) is 0.678. The lowest BCUT2D eigenvalue weighted by Crippen LogP contribution is -2.06. The molecule has 0 amide bonds. The first-order valence-electron chi connectivity index (χ1n) is 6.91. The molecule has 2 heterocycles. The average Bonchev–Trinajstić information content (AvgIpc) is 3.28. The highest BCUT2D eigenvalue weighted by Crippen LogP contribution is 2.41. The summed E-state index contributed by atoms with van der Waals surface area (Å²) in [6.07, 6.45) is 4.28. The summed E-state index contributed by atoms with van der Waals surface area (Å²) < 4.78 is 1.92. The zero-order valence-corrected chi connectivity index (χ0v) is 11.0. The SMILES string of the molecule is O=C(c1ccccc1)c1nc(C2CC2)c2ccccn12. The van der Waals surface area contributed by atoms with Crippen molar-refractivity contribution in [3.05, 3.63) is 71.8 Å². The zero-order valence-electron chi connectivity index (χ0n) is 11.0. The monoisotopic (exact) mass is 262 g/mol. The number of nitrogens with zero attached hydrogens (tertiary/aromatic N) is 2. The van der Waals surface area contributed by atoms with Crippen molar-refractivity contribution in [1.82, 2.24) is 9.38 Å². The number of hydrogen-bond acceptors (Lipinski definition) is 2. The maximum Gasteiger partial charge on any atom is 0.228 e. The number of imidazole rings is 1. The van der Waals surface area contributed by atoms with Gasteiger partial charge in [0.2, 0.25) is 5.78 Å². The van der Waals surface area contributed by atoms with E-state index in [4.69, 9.17) is 0 Å². The Morgan fingerprint density at radius 2 is 1.80 bits per heavy atom. The van der Waals surface area contributed by atoms with Crippen LogP contribution in [0.4, 0.5) is 0 Å². The molecular formula is C17H14N2O. The fraction of sp³-hybridized carbons (Fsp3) is 0.176. The van der Waals surface area contributed by atoms with Gasteiger partial charge in [-0.05, 0) is 25.0 Å². The van der Waals surface area contributed by atoms with Crippen LogP contribution in [0.2, 0.25) is 0 Å². The summed E-state index contributed by atoms with van der Waals surface area (Å²) in [7, 11) is 0. The largest absolute Gasteiger partial charge is 0.297 e. The smallest absolute Gasteiger partial charge is 0.228 e. The fourth-order valence-corrected chi connectivity index (χ4v) is 2.60. The van der Waals surface area contributed by atoms with Crippen LogP contribution in [-0.4, -0.2) is 15.2 Å². The Balaban J connectivity index is 1.90. The van der Waals surface area contributed by atoms with Crippen molar-refractivity contribution in [2.45, 2.75) is 18.8 Å². The van der Waals surface area contributed by atoms with Gasteiger partial charge in [-0.25, -0.2) is 4.98 Å². The third-order valence-corrected chi connectivity index (χ3v) is 3.78. The summed E-state index contributed by atoms with van der Waals surface area (Å²) in [5.74, 6) is 1.04. The molecule has 1 fully saturated rings. The molecule has 1 aliphatic rings. The van der Waals surface area contributed by atoms with Crippen molar-refractivity contribution in [3.63, 3.8) is 0 Å². The Labute approximate surface area is 116 Å². The topological polar surface area (TPSA) is 34.4 Å². The summed E-state index contributed by atoms with van der Waals surface area (Å²) in [6, 6.07) is 15.3. The number of rotatable bonds is 3. The summed E-state index contributed by atoms with van der Waals surface area (Å²) in [5.41, 5.74) is 2.82. The lowest BCUT2D eigenvalue weighted by atomic mass is 10.1. The molecule has 0 radical (unpaired) electrons. The molecule has 0 atom stereocenters. The van der Waals surface area contributed by atoms with Crippen LogP contribution < -0.4 is 0 Å². The number of pyridine rings is 1. The summed E-state index contributed by atoms with van der Waals surface area (Å²) in [4.78, 5) is 17.3. The molecule has 3 aromatic rings. The Bertz CT molecular complexity index is 785. The third kappa shape index (κ3) is 1.74. The van der Waals surface area contributed by atoms with Crippen molar-refractivity contribution in [1.29, 1.82) is 0 Å². The fourth-order valence-electron chi connectivity index (χ4n) is 2.60. The van der Waals surface area contributed by atoms with E-state index in [-0.39, 0.29) is 5.78 Å². The highest BCUT2D eigenvalue weighted by Gasteiger charge is 2.30. The summed E-state index contributed by atoms with van der Waals surface area (Å²) in [6.45, 7) is 0. The molecular weight excluding hydrogens is 248 g/mol. The minimum atomic E-state index is -0.0151. The molecule has 20 heavy (non-hydrogen) atoms. The molecule has 0 N–H and O–H groups in total. The molecule has 4 rings (SSSR count). The maximum atomic E-state index is 12.6. The van der Waals surface area contributed by atoms with Gasteiger partial charge in [0.1, 0.15) is 0 Å². The highest BCUT2D eigenvalue weighted by atomic mass is 16.1. The van der Waals surface area contributed by atoms with Crippen molar-refractivity contribution in [3.8, 4) is 0 Å². The molecule has 1 aliphatic carbocycles. The number of fused-ring (bicyclic) bond motifs is 1. The lowest BCUT2D eigenvalue weighted by Gasteiger charge is -2.00. The lowest BCUT2D eigenvalue weighted by molar-refractivity contribution is 0.102. The van der Waals surface area contributed by atoms with Gasteiger partial charge in [-0.3, -0.25) is 9.20 Å². The summed E-state index contributed by atoms with van der Waals surface area (Å²) >= 11 is 0. The molecule has 98 valence electrons. The van der Waals surface area contributed by atoms with Crippen LogP contribution in [0.5, 0.6) is 0 Å². The summed E-state index contributed by atoms with van der Waals surface area (Å²) in [5, 5.41) is 0. The van der Waals surface area contributed by atoms with Gasteiger partial charge in [0.15, 0.2) is 5.82 Å². The van der Waals surface area contributed by atoms with Gasteiger partial charge in [0.05, 0.1) is 11.2 Å².